The number of benzene rings is 3. The SMILES string of the molecule is C/C(=C\C(=O)N(C)C(Cc1ccc(-c2ccccc2)cc1)C(=O)N(C)C(Cc1ccccc1)C(=O)NCCc1ccncc1)CC(C)(C)N. The van der Waals surface area contributed by atoms with Gasteiger partial charge in [-0.15, -0.1) is 0 Å². The number of amides is 3. The van der Waals surface area contributed by atoms with E-state index in [0.29, 0.717) is 25.8 Å². The molecule has 0 aliphatic carbocycles. The van der Waals surface area contributed by atoms with Crippen molar-refractivity contribution in [1.82, 2.24) is 20.1 Å². The van der Waals surface area contributed by atoms with Crippen LogP contribution in [0.2, 0.25) is 0 Å². The van der Waals surface area contributed by atoms with Gasteiger partial charge in [-0.1, -0.05) is 90.5 Å². The number of carbonyl (C=O) groups is 3. The second-order valence-electron chi connectivity index (χ2n) is 13.4. The van der Waals surface area contributed by atoms with Gasteiger partial charge >= 0.3 is 0 Å². The van der Waals surface area contributed by atoms with Crippen molar-refractivity contribution in [1.29, 1.82) is 0 Å². The van der Waals surface area contributed by atoms with E-state index in [1.54, 1.807) is 32.6 Å². The summed E-state index contributed by atoms with van der Waals surface area (Å²) in [5, 5.41) is 3.04. The molecule has 4 aromatic rings. The average Bonchev–Trinajstić information content (AvgIpc) is 3.09. The maximum atomic E-state index is 14.5. The third-order valence-corrected chi connectivity index (χ3v) is 8.55. The molecule has 0 fully saturated rings. The molecule has 8 nitrogen and oxygen atoms in total. The molecular weight excluding hydrogens is 610 g/mol. The predicted molar refractivity (Wildman–Crippen MR) is 196 cm³/mol. The van der Waals surface area contributed by atoms with Crippen molar-refractivity contribution >= 4 is 17.7 Å². The van der Waals surface area contributed by atoms with Gasteiger partial charge < -0.3 is 20.9 Å². The Bertz CT molecular complexity index is 1680. The monoisotopic (exact) mass is 659 g/mol. The van der Waals surface area contributed by atoms with E-state index in [9.17, 15) is 14.4 Å². The van der Waals surface area contributed by atoms with E-state index in [-0.39, 0.29) is 24.1 Å². The molecule has 0 aliphatic rings. The van der Waals surface area contributed by atoms with Crippen molar-refractivity contribution in [3.63, 3.8) is 0 Å². The molecule has 0 saturated heterocycles. The van der Waals surface area contributed by atoms with Crippen LogP contribution in [-0.4, -0.2) is 70.8 Å². The van der Waals surface area contributed by atoms with Crippen molar-refractivity contribution in [3.8, 4) is 11.1 Å². The zero-order valence-corrected chi connectivity index (χ0v) is 29.3. The van der Waals surface area contributed by atoms with Crippen LogP contribution in [0.25, 0.3) is 11.1 Å². The van der Waals surface area contributed by atoms with Gasteiger partial charge in [-0.2, -0.15) is 0 Å². The molecule has 3 N–H and O–H groups in total. The summed E-state index contributed by atoms with van der Waals surface area (Å²) in [5.74, 6) is -0.871. The number of hydrogen-bond donors (Lipinski definition) is 2. The van der Waals surface area contributed by atoms with Gasteiger partial charge in [-0.25, -0.2) is 0 Å². The number of rotatable bonds is 15. The van der Waals surface area contributed by atoms with Crippen LogP contribution in [0, 0.1) is 0 Å². The van der Waals surface area contributed by atoms with Crippen LogP contribution in [0.15, 0.2) is 121 Å². The Morgan fingerprint density at radius 1 is 0.755 bits per heavy atom. The van der Waals surface area contributed by atoms with E-state index < -0.39 is 17.6 Å². The van der Waals surface area contributed by atoms with E-state index in [1.807, 2.05) is 106 Å². The molecule has 0 spiro atoms. The zero-order valence-electron chi connectivity index (χ0n) is 29.3. The van der Waals surface area contributed by atoms with E-state index in [4.69, 9.17) is 5.73 Å². The molecule has 0 radical (unpaired) electrons. The second-order valence-corrected chi connectivity index (χ2v) is 13.4. The quantitative estimate of drug-likeness (QED) is 0.161. The number of aromatic nitrogens is 1. The molecule has 4 rings (SSSR count). The third-order valence-electron chi connectivity index (χ3n) is 8.55. The summed E-state index contributed by atoms with van der Waals surface area (Å²) in [5.41, 5.74) is 11.6. The third kappa shape index (κ3) is 11.3. The van der Waals surface area contributed by atoms with Crippen molar-refractivity contribution in [2.75, 3.05) is 20.6 Å². The minimum atomic E-state index is -0.863. The maximum absolute atomic E-state index is 14.5. The van der Waals surface area contributed by atoms with Crippen LogP contribution in [0.1, 0.15) is 43.9 Å². The minimum Gasteiger partial charge on any atom is -0.354 e. The van der Waals surface area contributed by atoms with Gasteiger partial charge in [0.25, 0.3) is 0 Å². The van der Waals surface area contributed by atoms with Gasteiger partial charge in [0.1, 0.15) is 12.1 Å². The molecule has 2 atom stereocenters. The fourth-order valence-corrected chi connectivity index (χ4v) is 5.94. The van der Waals surface area contributed by atoms with Gasteiger partial charge in [0.05, 0.1) is 0 Å². The molecule has 256 valence electrons. The molecule has 0 aliphatic heterocycles. The molecule has 3 amide bonds. The number of hydrogen-bond acceptors (Lipinski definition) is 5. The molecule has 1 aromatic heterocycles. The molecular formula is C41H49N5O3. The molecule has 8 heteroatoms. The smallest absolute Gasteiger partial charge is 0.246 e. The molecule has 3 aromatic carbocycles. The summed E-state index contributed by atoms with van der Waals surface area (Å²) in [6.45, 7) is 6.10. The second kappa shape index (κ2) is 17.4. The summed E-state index contributed by atoms with van der Waals surface area (Å²) in [4.78, 5) is 49.0. The molecule has 1 heterocycles. The van der Waals surface area contributed by atoms with E-state index in [1.165, 1.54) is 9.80 Å². The zero-order chi connectivity index (χ0) is 35.4. The number of pyridine rings is 1. The Kier molecular flexibility index (Phi) is 13.0. The Labute approximate surface area is 291 Å². The van der Waals surface area contributed by atoms with E-state index in [2.05, 4.69) is 22.4 Å². The van der Waals surface area contributed by atoms with Crippen LogP contribution in [-0.2, 0) is 33.6 Å². The Balaban J connectivity index is 1.61. The van der Waals surface area contributed by atoms with Crippen LogP contribution in [0.4, 0.5) is 0 Å². The molecule has 2 unspecified atom stereocenters. The Hall–Kier alpha value is -5.08. The first-order valence-corrected chi connectivity index (χ1v) is 16.8. The lowest BCUT2D eigenvalue weighted by atomic mass is 9.96. The summed E-state index contributed by atoms with van der Waals surface area (Å²) in [7, 11) is 3.30. The standard InChI is InChI=1S/C41H49N5O3/c1-30(29-41(2,3)42)26-38(47)45(4)37(28-33-16-18-35(19-17-33)34-14-10-7-11-15-34)40(49)46(5)36(27-32-12-8-6-9-13-32)39(48)44-25-22-31-20-23-43-24-21-31/h6-21,23-24,26,36-37H,22,25,27-29,42H2,1-5H3,(H,44,48)/b30-26+. The van der Waals surface area contributed by atoms with Crippen LogP contribution in [0.3, 0.4) is 0 Å². The Morgan fingerprint density at radius 3 is 1.92 bits per heavy atom. The van der Waals surface area contributed by atoms with Crippen molar-refractivity contribution in [2.45, 2.75) is 64.1 Å². The van der Waals surface area contributed by atoms with E-state index >= 15 is 0 Å². The van der Waals surface area contributed by atoms with Gasteiger partial charge in [-0.05, 0) is 73.6 Å². The van der Waals surface area contributed by atoms with Crippen LogP contribution < -0.4 is 11.1 Å². The highest BCUT2D eigenvalue weighted by Crippen LogP contribution is 2.22. The van der Waals surface area contributed by atoms with Crippen molar-refractivity contribution in [2.24, 2.45) is 5.73 Å². The van der Waals surface area contributed by atoms with Crippen molar-refractivity contribution in [3.05, 3.63) is 138 Å². The summed E-state index contributed by atoms with van der Waals surface area (Å²) in [6, 6.07) is 29.9. The van der Waals surface area contributed by atoms with Gasteiger partial charge in [-0.3, -0.25) is 19.4 Å². The topological polar surface area (TPSA) is 109 Å². The molecule has 49 heavy (non-hydrogen) atoms. The average molecular weight is 660 g/mol. The highest BCUT2D eigenvalue weighted by Gasteiger charge is 2.35. The van der Waals surface area contributed by atoms with Gasteiger partial charge in [0.2, 0.25) is 17.7 Å². The largest absolute Gasteiger partial charge is 0.354 e. The normalized spacial score (nSPS) is 12.9. The van der Waals surface area contributed by atoms with Gasteiger partial charge in [0.15, 0.2) is 0 Å². The predicted octanol–water partition coefficient (Wildman–Crippen LogP) is 5.62. The maximum Gasteiger partial charge on any atom is 0.246 e. The van der Waals surface area contributed by atoms with E-state index in [0.717, 1.165) is 33.4 Å². The number of nitrogens with zero attached hydrogens (tertiary/aromatic N) is 3. The number of carbonyl (C=O) groups excluding carboxylic acids is 3. The van der Waals surface area contributed by atoms with Gasteiger partial charge in [0, 0.05) is 57.5 Å². The fraction of sp³-hybridized carbons (Fsp3) is 0.317. The summed E-state index contributed by atoms with van der Waals surface area (Å²) >= 11 is 0. The van der Waals surface area contributed by atoms with Crippen LogP contribution in [0.5, 0.6) is 0 Å². The lowest BCUT2D eigenvalue weighted by Crippen LogP contribution is -2.56. The first-order chi connectivity index (χ1) is 23.4. The number of nitrogens with one attached hydrogen (secondary N) is 1. The number of likely N-dealkylation sites (N-methyl/N-ethyl adjacent to an activating group) is 2. The summed E-state index contributed by atoms with van der Waals surface area (Å²) in [6.07, 6.45) is 6.77. The Morgan fingerprint density at radius 2 is 1.31 bits per heavy atom. The number of nitrogens with two attached hydrogens (primary N) is 1. The fourth-order valence-electron chi connectivity index (χ4n) is 5.94. The minimum absolute atomic E-state index is 0.255. The highest BCUT2D eigenvalue weighted by atomic mass is 16.2. The lowest BCUT2D eigenvalue weighted by molar-refractivity contribution is -0.146. The highest BCUT2D eigenvalue weighted by molar-refractivity contribution is 5.95. The molecule has 0 saturated carbocycles. The van der Waals surface area contributed by atoms with Crippen molar-refractivity contribution < 1.29 is 14.4 Å². The summed E-state index contributed by atoms with van der Waals surface area (Å²) < 4.78 is 0. The lowest BCUT2D eigenvalue weighted by Gasteiger charge is -2.34. The molecule has 0 bridgehead atoms. The van der Waals surface area contributed by atoms with Crippen LogP contribution >= 0.6 is 0 Å². The first-order valence-electron chi connectivity index (χ1n) is 16.8. The first kappa shape index (κ1) is 36.8.